The molecule has 0 saturated carbocycles. The lowest BCUT2D eigenvalue weighted by molar-refractivity contribution is -0.161. The van der Waals surface area contributed by atoms with Crippen LogP contribution < -0.4 is 5.73 Å². The molecule has 0 fully saturated rings. The highest BCUT2D eigenvalue weighted by Crippen LogP contribution is 2.43. The van der Waals surface area contributed by atoms with E-state index < -0.39 is 57.2 Å². The summed E-state index contributed by atoms with van der Waals surface area (Å²) in [5.41, 5.74) is 5.33. The van der Waals surface area contributed by atoms with E-state index >= 15 is 0 Å². The predicted molar refractivity (Wildman–Crippen MR) is 237 cm³/mol. The minimum atomic E-state index is -4.75. The number of phosphoric acid groups is 1. The molecule has 0 rings (SSSR count). The van der Waals surface area contributed by atoms with Gasteiger partial charge in [0.05, 0.1) is 19.3 Å². The van der Waals surface area contributed by atoms with Crippen molar-refractivity contribution in [3.63, 3.8) is 0 Å². The third-order valence-electron chi connectivity index (χ3n) is 9.32. The zero-order chi connectivity index (χ0) is 43.7. The van der Waals surface area contributed by atoms with Crippen molar-refractivity contribution in [1.29, 1.82) is 0 Å². The highest BCUT2D eigenvalue weighted by molar-refractivity contribution is 7.47. The molecule has 0 saturated heterocycles. The first-order valence-electron chi connectivity index (χ1n) is 22.4. The highest BCUT2D eigenvalue weighted by Gasteiger charge is 2.28. The van der Waals surface area contributed by atoms with Gasteiger partial charge >= 0.3 is 25.7 Å². The molecule has 0 aromatic rings. The van der Waals surface area contributed by atoms with Gasteiger partial charge in [-0.05, 0) is 70.6 Å². The molecule has 0 aliphatic carbocycles. The number of hydrogen-bond donors (Lipinski definition) is 4. The molecule has 12 nitrogen and oxygen atoms in total. The van der Waals surface area contributed by atoms with Crippen LogP contribution in [0.3, 0.4) is 0 Å². The third kappa shape index (κ3) is 40.3. The number of ether oxygens (including phenoxy) is 2. The van der Waals surface area contributed by atoms with Gasteiger partial charge in [-0.2, -0.15) is 0 Å². The summed E-state index contributed by atoms with van der Waals surface area (Å²) in [5.74, 6) is -2.51. The van der Waals surface area contributed by atoms with Crippen molar-refractivity contribution in [1.82, 2.24) is 0 Å². The molecule has 0 aliphatic rings. The van der Waals surface area contributed by atoms with Gasteiger partial charge in [0.15, 0.2) is 6.10 Å². The summed E-state index contributed by atoms with van der Waals surface area (Å²) in [6.07, 6.45) is 43.2. The number of aliphatic hydroxyl groups excluding tert-OH is 1. The summed E-state index contributed by atoms with van der Waals surface area (Å²) >= 11 is 0. The summed E-state index contributed by atoms with van der Waals surface area (Å²) in [6, 6.07) is -1.54. The fourth-order valence-corrected chi connectivity index (χ4v) is 6.50. The summed E-state index contributed by atoms with van der Waals surface area (Å²) in [5, 5.41) is 18.9. The monoisotopic (exact) mass is 854 g/mol. The first kappa shape index (κ1) is 56.1. The van der Waals surface area contributed by atoms with Gasteiger partial charge < -0.3 is 30.3 Å². The number of aliphatic hydroxyl groups is 1. The number of carboxylic acids is 1. The van der Waals surface area contributed by atoms with E-state index in [1.54, 1.807) is 6.08 Å². The van der Waals surface area contributed by atoms with Gasteiger partial charge in [-0.3, -0.25) is 23.4 Å². The van der Waals surface area contributed by atoms with Crippen molar-refractivity contribution in [3.05, 3.63) is 60.8 Å². The lowest BCUT2D eigenvalue weighted by Crippen LogP contribution is -2.34. The number of rotatable bonds is 41. The summed E-state index contributed by atoms with van der Waals surface area (Å²) in [6.45, 7) is 2.62. The van der Waals surface area contributed by atoms with Crippen LogP contribution in [0.1, 0.15) is 174 Å². The lowest BCUT2D eigenvalue weighted by Gasteiger charge is -2.20. The van der Waals surface area contributed by atoms with Crippen molar-refractivity contribution >= 4 is 25.7 Å². The number of unbranched alkanes of at least 4 members (excludes halogenated alkanes) is 17. The molecular formula is C46H80NO11P. The van der Waals surface area contributed by atoms with Crippen molar-refractivity contribution < 1.29 is 52.6 Å². The molecular weight excluding hydrogens is 773 g/mol. The van der Waals surface area contributed by atoms with E-state index in [9.17, 15) is 28.9 Å². The van der Waals surface area contributed by atoms with Crippen LogP contribution in [0.2, 0.25) is 0 Å². The normalized spacial score (nSPS) is 14.8. The average Bonchev–Trinajstić information content (AvgIpc) is 3.21. The first-order valence-corrected chi connectivity index (χ1v) is 23.9. The number of allylic oxidation sites excluding steroid dienone is 8. The number of nitrogens with two attached hydrogens (primary N) is 1. The Morgan fingerprint density at radius 2 is 1.12 bits per heavy atom. The van der Waals surface area contributed by atoms with Gasteiger partial charge in [0, 0.05) is 12.8 Å². The maximum absolute atomic E-state index is 12.6. The fourth-order valence-electron chi connectivity index (χ4n) is 5.72. The van der Waals surface area contributed by atoms with Crippen LogP contribution in [0.25, 0.3) is 0 Å². The highest BCUT2D eigenvalue weighted by atomic mass is 31.2. The van der Waals surface area contributed by atoms with Crippen LogP contribution in [0.4, 0.5) is 0 Å². The van der Waals surface area contributed by atoms with E-state index in [1.807, 2.05) is 36.5 Å². The molecule has 13 heteroatoms. The van der Waals surface area contributed by atoms with Crippen LogP contribution >= 0.6 is 7.82 Å². The molecule has 340 valence electrons. The van der Waals surface area contributed by atoms with Crippen molar-refractivity contribution in [3.8, 4) is 0 Å². The lowest BCUT2D eigenvalue weighted by atomic mass is 10.1. The summed E-state index contributed by atoms with van der Waals surface area (Å²) < 4.78 is 32.6. The molecule has 0 aromatic carbocycles. The Balaban J connectivity index is 4.51. The Bertz CT molecular complexity index is 1250. The van der Waals surface area contributed by atoms with Crippen LogP contribution in [-0.2, 0) is 37.5 Å². The molecule has 1 unspecified atom stereocenters. The molecule has 0 radical (unpaired) electrons. The Morgan fingerprint density at radius 3 is 1.76 bits per heavy atom. The molecule has 59 heavy (non-hydrogen) atoms. The standard InChI is InChI=1S/C46H80NO11P/c1-3-5-7-9-11-12-13-14-15-16-17-18-19-20-24-28-32-36-44(49)55-38-42(39-56-59(53,54)57-40-43(47)46(51)52)58-45(50)37-33-29-25-22-21-23-27-31-35-41(48)34-30-26-10-8-6-4-2/h14-15,22-23,25-27,30-31,35,41-43,48H,3-13,16-21,24,28-29,32-34,36-40,47H2,1-2H3,(H,51,52)(H,53,54)/b15-14-,25-22-,27-23-,30-26-,35-31+/t41-,42+,43-/m0/s1. The topological polar surface area (TPSA) is 192 Å². The van der Waals surface area contributed by atoms with Gasteiger partial charge in [-0.25, -0.2) is 4.57 Å². The Labute approximate surface area is 356 Å². The molecule has 0 aromatic heterocycles. The van der Waals surface area contributed by atoms with Gasteiger partial charge in [0.2, 0.25) is 0 Å². The Morgan fingerprint density at radius 1 is 0.610 bits per heavy atom. The van der Waals surface area contributed by atoms with Crippen molar-refractivity contribution in [2.24, 2.45) is 5.73 Å². The van der Waals surface area contributed by atoms with Gasteiger partial charge in [-0.15, -0.1) is 0 Å². The Kier molecular flexibility index (Phi) is 38.6. The Hall–Kier alpha value is -2.86. The smallest absolute Gasteiger partial charge is 0.472 e. The summed E-state index contributed by atoms with van der Waals surface area (Å²) in [4.78, 5) is 46.0. The van der Waals surface area contributed by atoms with Crippen LogP contribution in [0.15, 0.2) is 60.8 Å². The predicted octanol–water partition coefficient (Wildman–Crippen LogP) is 10.9. The van der Waals surface area contributed by atoms with Crippen molar-refractivity contribution in [2.75, 3.05) is 19.8 Å². The van der Waals surface area contributed by atoms with Gasteiger partial charge in [-0.1, -0.05) is 152 Å². The largest absolute Gasteiger partial charge is 0.480 e. The molecule has 0 heterocycles. The molecule has 0 bridgehead atoms. The second kappa shape index (κ2) is 40.5. The van der Waals surface area contributed by atoms with Crippen LogP contribution in [0, 0.1) is 0 Å². The third-order valence-corrected chi connectivity index (χ3v) is 10.3. The van der Waals surface area contributed by atoms with Gasteiger partial charge in [0.1, 0.15) is 12.6 Å². The minimum absolute atomic E-state index is 0.0506. The minimum Gasteiger partial charge on any atom is -0.480 e. The number of esters is 2. The van der Waals surface area contributed by atoms with E-state index in [1.165, 1.54) is 83.5 Å². The number of phosphoric ester groups is 1. The van der Waals surface area contributed by atoms with E-state index in [4.69, 9.17) is 24.8 Å². The SMILES string of the molecule is CCCCC/C=C\C[C@H](O)/C=C/C=C\C/C=C\CCCC(=O)O[C@H](COC(=O)CCCCCCCCC/C=C\CCCCCCCC)COP(=O)(O)OC[C@H](N)C(=O)O. The zero-order valence-electron chi connectivity index (χ0n) is 36.4. The number of carbonyl (C=O) groups excluding carboxylic acids is 2. The molecule has 5 N–H and O–H groups in total. The van der Waals surface area contributed by atoms with Gasteiger partial charge in [0.25, 0.3) is 0 Å². The van der Waals surface area contributed by atoms with E-state index in [2.05, 4.69) is 36.6 Å². The molecule has 0 aliphatic heterocycles. The number of aliphatic carboxylic acids is 1. The van der Waals surface area contributed by atoms with E-state index in [0.717, 1.165) is 32.1 Å². The molecule has 0 spiro atoms. The molecule has 0 amide bonds. The number of carbonyl (C=O) groups is 3. The van der Waals surface area contributed by atoms with Crippen molar-refractivity contribution in [2.45, 2.75) is 193 Å². The quantitative estimate of drug-likeness (QED) is 0.0150. The average molecular weight is 854 g/mol. The van der Waals surface area contributed by atoms with E-state index in [-0.39, 0.29) is 19.4 Å². The second-order valence-corrected chi connectivity index (χ2v) is 16.5. The van der Waals surface area contributed by atoms with E-state index in [0.29, 0.717) is 32.1 Å². The van der Waals surface area contributed by atoms with Crippen LogP contribution in [0.5, 0.6) is 0 Å². The zero-order valence-corrected chi connectivity index (χ0v) is 37.3. The first-order chi connectivity index (χ1) is 28.5. The maximum atomic E-state index is 12.6. The van der Waals surface area contributed by atoms with Crippen LogP contribution in [-0.4, -0.2) is 71.1 Å². The fraction of sp³-hybridized carbons (Fsp3) is 0.717. The summed E-state index contributed by atoms with van der Waals surface area (Å²) in [7, 11) is -4.75. The maximum Gasteiger partial charge on any atom is 0.472 e. The number of carboxylic acid groups (broad SMARTS) is 1. The number of hydrogen-bond acceptors (Lipinski definition) is 10. The molecule has 4 atom stereocenters. The second-order valence-electron chi connectivity index (χ2n) is 15.0.